The number of aromatic nitrogens is 3. The van der Waals surface area contributed by atoms with Gasteiger partial charge in [-0.3, -0.25) is 9.59 Å². The lowest BCUT2D eigenvalue weighted by molar-refractivity contribution is 0.0946. The van der Waals surface area contributed by atoms with Crippen LogP contribution in [0.1, 0.15) is 16.2 Å². The van der Waals surface area contributed by atoms with Crippen LogP contribution in [-0.2, 0) is 13.6 Å². The lowest BCUT2D eigenvalue weighted by atomic mass is 10.1. The van der Waals surface area contributed by atoms with E-state index in [1.165, 1.54) is 4.68 Å². The molecule has 4 aromatic rings. The maximum atomic E-state index is 12.5. The SMILES string of the molecule is Cn1nc(CNC(=O)c2ccc3ccccc3n2)c2ccccc2c1=O. The summed E-state index contributed by atoms with van der Waals surface area (Å²) in [5, 5.41) is 9.43. The van der Waals surface area contributed by atoms with Gasteiger partial charge in [0, 0.05) is 17.8 Å². The van der Waals surface area contributed by atoms with Crippen molar-refractivity contribution in [2.75, 3.05) is 0 Å². The maximum absolute atomic E-state index is 12.5. The molecular formula is C20H16N4O2. The number of nitrogens with zero attached hydrogens (tertiary/aromatic N) is 3. The Kier molecular flexibility index (Phi) is 3.93. The highest BCUT2D eigenvalue weighted by molar-refractivity contribution is 5.95. The number of carbonyl (C=O) groups is 1. The molecule has 0 aliphatic carbocycles. The van der Waals surface area contributed by atoms with Crippen molar-refractivity contribution in [1.82, 2.24) is 20.1 Å². The summed E-state index contributed by atoms with van der Waals surface area (Å²) >= 11 is 0. The van der Waals surface area contributed by atoms with Crippen LogP contribution < -0.4 is 10.9 Å². The third-order valence-electron chi connectivity index (χ3n) is 4.28. The standard InChI is InChI=1S/C20H16N4O2/c1-24-20(26)15-8-4-3-7-14(15)18(23-24)12-21-19(25)17-11-10-13-6-2-5-9-16(13)22-17/h2-11H,12H2,1H3,(H,21,25). The van der Waals surface area contributed by atoms with Crippen molar-refractivity contribution in [1.29, 1.82) is 0 Å². The summed E-state index contributed by atoms with van der Waals surface area (Å²) in [6, 6.07) is 18.5. The van der Waals surface area contributed by atoms with E-state index >= 15 is 0 Å². The zero-order valence-electron chi connectivity index (χ0n) is 14.1. The van der Waals surface area contributed by atoms with Crippen LogP contribution >= 0.6 is 0 Å². The van der Waals surface area contributed by atoms with Crippen molar-refractivity contribution < 1.29 is 4.79 Å². The third kappa shape index (κ3) is 2.82. The Morgan fingerprint density at radius 1 is 1.00 bits per heavy atom. The molecule has 0 fully saturated rings. The number of aryl methyl sites for hydroxylation is 1. The molecule has 6 nitrogen and oxygen atoms in total. The molecule has 0 aliphatic rings. The minimum atomic E-state index is -0.282. The quantitative estimate of drug-likeness (QED) is 0.619. The van der Waals surface area contributed by atoms with Gasteiger partial charge in [-0.15, -0.1) is 0 Å². The molecular weight excluding hydrogens is 328 g/mol. The summed E-state index contributed by atoms with van der Waals surface area (Å²) in [7, 11) is 1.60. The van der Waals surface area contributed by atoms with Gasteiger partial charge in [0.15, 0.2) is 0 Å². The first-order valence-electron chi connectivity index (χ1n) is 8.22. The molecule has 0 aliphatic heterocycles. The van der Waals surface area contributed by atoms with Crippen LogP contribution in [0.15, 0.2) is 65.5 Å². The molecule has 1 amide bonds. The lowest BCUT2D eigenvalue weighted by Gasteiger charge is -2.09. The molecule has 0 radical (unpaired) electrons. The zero-order valence-corrected chi connectivity index (χ0v) is 14.1. The van der Waals surface area contributed by atoms with Crippen molar-refractivity contribution in [2.24, 2.45) is 7.05 Å². The fourth-order valence-electron chi connectivity index (χ4n) is 2.95. The van der Waals surface area contributed by atoms with Gasteiger partial charge in [0.2, 0.25) is 0 Å². The van der Waals surface area contributed by atoms with E-state index in [0.29, 0.717) is 16.8 Å². The van der Waals surface area contributed by atoms with E-state index < -0.39 is 0 Å². The molecule has 0 saturated heterocycles. The number of para-hydroxylation sites is 1. The molecule has 4 rings (SSSR count). The number of carbonyl (C=O) groups excluding carboxylic acids is 1. The van der Waals surface area contributed by atoms with E-state index in [2.05, 4.69) is 15.4 Å². The van der Waals surface area contributed by atoms with Crippen LogP contribution in [0.5, 0.6) is 0 Å². The number of pyridine rings is 1. The topological polar surface area (TPSA) is 76.9 Å². The minimum Gasteiger partial charge on any atom is -0.345 e. The molecule has 2 aromatic heterocycles. The van der Waals surface area contributed by atoms with Crippen LogP contribution in [0.25, 0.3) is 21.7 Å². The first-order valence-corrected chi connectivity index (χ1v) is 8.22. The predicted octanol–water partition coefficient (Wildman–Crippen LogP) is 2.41. The van der Waals surface area contributed by atoms with Crippen LogP contribution in [-0.4, -0.2) is 20.7 Å². The Balaban J connectivity index is 1.62. The largest absolute Gasteiger partial charge is 0.345 e. The normalized spacial score (nSPS) is 11.0. The number of nitrogens with one attached hydrogen (secondary N) is 1. The first kappa shape index (κ1) is 16.0. The Labute approximate surface area is 149 Å². The van der Waals surface area contributed by atoms with Crippen molar-refractivity contribution in [3.05, 3.63) is 82.4 Å². The Bertz CT molecular complexity index is 1200. The third-order valence-corrected chi connectivity index (χ3v) is 4.28. The van der Waals surface area contributed by atoms with Gasteiger partial charge >= 0.3 is 0 Å². The smallest absolute Gasteiger partial charge is 0.274 e. The van der Waals surface area contributed by atoms with E-state index in [1.807, 2.05) is 48.5 Å². The Hall–Kier alpha value is -3.54. The highest BCUT2D eigenvalue weighted by Gasteiger charge is 2.12. The van der Waals surface area contributed by atoms with E-state index in [9.17, 15) is 9.59 Å². The monoisotopic (exact) mass is 344 g/mol. The highest BCUT2D eigenvalue weighted by atomic mass is 16.2. The number of fused-ring (bicyclic) bond motifs is 2. The molecule has 0 bridgehead atoms. The average Bonchev–Trinajstić information content (AvgIpc) is 2.69. The van der Waals surface area contributed by atoms with Crippen LogP contribution in [0.4, 0.5) is 0 Å². The van der Waals surface area contributed by atoms with Gasteiger partial charge in [-0.25, -0.2) is 9.67 Å². The lowest BCUT2D eigenvalue weighted by Crippen LogP contribution is -2.27. The van der Waals surface area contributed by atoms with Crippen molar-refractivity contribution in [2.45, 2.75) is 6.54 Å². The van der Waals surface area contributed by atoms with Crippen molar-refractivity contribution in [3.8, 4) is 0 Å². The summed E-state index contributed by atoms with van der Waals surface area (Å²) in [4.78, 5) is 29.0. The molecule has 2 aromatic carbocycles. The second-order valence-corrected chi connectivity index (χ2v) is 5.99. The summed E-state index contributed by atoms with van der Waals surface area (Å²) < 4.78 is 1.29. The van der Waals surface area contributed by atoms with Gasteiger partial charge in [0.25, 0.3) is 11.5 Å². The van der Waals surface area contributed by atoms with E-state index in [0.717, 1.165) is 16.3 Å². The summed E-state index contributed by atoms with van der Waals surface area (Å²) in [6.45, 7) is 0.210. The maximum Gasteiger partial charge on any atom is 0.274 e. The van der Waals surface area contributed by atoms with Crippen molar-refractivity contribution >= 4 is 27.6 Å². The first-order chi connectivity index (χ1) is 12.6. The van der Waals surface area contributed by atoms with Gasteiger partial charge in [-0.1, -0.05) is 42.5 Å². The summed E-state index contributed by atoms with van der Waals surface area (Å²) in [5.41, 5.74) is 1.59. The van der Waals surface area contributed by atoms with Crippen LogP contribution in [0.3, 0.4) is 0 Å². The molecule has 128 valence electrons. The highest BCUT2D eigenvalue weighted by Crippen LogP contribution is 2.14. The second kappa shape index (κ2) is 6.40. The Morgan fingerprint density at radius 2 is 1.73 bits per heavy atom. The fourth-order valence-corrected chi connectivity index (χ4v) is 2.95. The fraction of sp³-hybridized carbons (Fsp3) is 0.100. The number of rotatable bonds is 3. The molecule has 1 N–H and O–H groups in total. The molecule has 6 heteroatoms. The molecule has 2 heterocycles. The number of amides is 1. The second-order valence-electron chi connectivity index (χ2n) is 5.99. The molecule has 0 spiro atoms. The summed E-state index contributed by atoms with van der Waals surface area (Å²) in [5.74, 6) is -0.282. The van der Waals surface area contributed by atoms with Gasteiger partial charge in [-0.2, -0.15) is 5.10 Å². The van der Waals surface area contributed by atoms with Gasteiger partial charge in [-0.05, 0) is 18.2 Å². The van der Waals surface area contributed by atoms with Gasteiger partial charge in [0.1, 0.15) is 5.69 Å². The molecule has 0 unspecified atom stereocenters. The number of hydrogen-bond acceptors (Lipinski definition) is 4. The predicted molar refractivity (Wildman–Crippen MR) is 99.9 cm³/mol. The molecule has 0 saturated carbocycles. The average molecular weight is 344 g/mol. The number of hydrogen-bond donors (Lipinski definition) is 1. The van der Waals surface area contributed by atoms with E-state index in [-0.39, 0.29) is 18.0 Å². The summed E-state index contributed by atoms with van der Waals surface area (Å²) in [6.07, 6.45) is 0. The van der Waals surface area contributed by atoms with Gasteiger partial charge < -0.3 is 5.32 Å². The van der Waals surface area contributed by atoms with Crippen LogP contribution in [0, 0.1) is 0 Å². The minimum absolute atomic E-state index is 0.160. The van der Waals surface area contributed by atoms with E-state index in [1.54, 1.807) is 19.2 Å². The Morgan fingerprint density at radius 3 is 2.58 bits per heavy atom. The molecule has 26 heavy (non-hydrogen) atoms. The van der Waals surface area contributed by atoms with Crippen molar-refractivity contribution in [3.63, 3.8) is 0 Å². The molecule has 0 atom stereocenters. The van der Waals surface area contributed by atoms with Crippen LogP contribution in [0.2, 0.25) is 0 Å². The van der Waals surface area contributed by atoms with E-state index in [4.69, 9.17) is 0 Å². The number of benzene rings is 2. The van der Waals surface area contributed by atoms with Gasteiger partial charge in [0.05, 0.1) is 23.1 Å². The zero-order chi connectivity index (χ0) is 18.1.